The number of amides is 1. The minimum atomic E-state index is -0.935. The normalized spacial score (nSPS) is 15.9. The summed E-state index contributed by atoms with van der Waals surface area (Å²) < 4.78 is 0. The molecule has 4 N–H and O–H groups in total. The summed E-state index contributed by atoms with van der Waals surface area (Å²) >= 11 is 0. The van der Waals surface area contributed by atoms with E-state index in [1.54, 1.807) is 23.1 Å². The van der Waals surface area contributed by atoms with Crippen LogP contribution >= 0.6 is 0 Å². The van der Waals surface area contributed by atoms with E-state index in [9.17, 15) is 24.9 Å². The van der Waals surface area contributed by atoms with Crippen molar-refractivity contribution in [2.45, 2.75) is 44.7 Å². The number of carboxylic acid groups (broad SMARTS) is 1. The molecule has 1 amide bonds. The Balaban J connectivity index is 1.66. The Morgan fingerprint density at radius 3 is 2.23 bits per heavy atom. The first-order valence-corrected chi connectivity index (χ1v) is 10.2. The van der Waals surface area contributed by atoms with Gasteiger partial charge in [0, 0.05) is 25.2 Å². The summed E-state index contributed by atoms with van der Waals surface area (Å²) in [5, 5.41) is 33.0. The van der Waals surface area contributed by atoms with E-state index >= 15 is 0 Å². The number of benzene rings is 2. The van der Waals surface area contributed by atoms with Crippen molar-refractivity contribution >= 4 is 11.9 Å². The summed E-state index contributed by atoms with van der Waals surface area (Å²) in [6.45, 7) is 4.72. The standard InChI is InChI=1S/C23H28N2O5/c1-14(2)17-12-18(20(27)13-19(17)26)22(28)25-10-8-16(9-11-25)24-21(23(29)30)15-6-4-3-5-7-15/h3-7,12-14,16,21,24,26-27H,8-11H2,1-2H3,(H,29,30)/t21-/m0/s1. The van der Waals surface area contributed by atoms with Gasteiger partial charge in [-0.15, -0.1) is 0 Å². The fourth-order valence-electron chi connectivity index (χ4n) is 3.84. The number of phenolic OH excluding ortho intramolecular Hbond substituents is 2. The summed E-state index contributed by atoms with van der Waals surface area (Å²) in [4.78, 5) is 26.3. The molecule has 1 aliphatic rings. The molecule has 0 spiro atoms. The van der Waals surface area contributed by atoms with Crippen LogP contribution in [0.15, 0.2) is 42.5 Å². The molecule has 1 saturated heterocycles. The Bertz CT molecular complexity index is 905. The highest BCUT2D eigenvalue weighted by molar-refractivity contribution is 5.97. The molecule has 1 heterocycles. The van der Waals surface area contributed by atoms with Crippen molar-refractivity contribution < 1.29 is 24.9 Å². The maximum Gasteiger partial charge on any atom is 0.325 e. The van der Waals surface area contributed by atoms with Gasteiger partial charge in [-0.25, -0.2) is 0 Å². The van der Waals surface area contributed by atoms with Gasteiger partial charge in [0.05, 0.1) is 5.56 Å². The molecule has 7 heteroatoms. The molecule has 3 rings (SSSR count). The average Bonchev–Trinajstić information content (AvgIpc) is 2.72. The molecule has 7 nitrogen and oxygen atoms in total. The Morgan fingerprint density at radius 2 is 1.67 bits per heavy atom. The number of piperidine rings is 1. The maximum absolute atomic E-state index is 12.9. The SMILES string of the molecule is CC(C)c1cc(C(=O)N2CCC(N[C@H](C(=O)O)c3ccccc3)CC2)c(O)cc1O. The highest BCUT2D eigenvalue weighted by Crippen LogP contribution is 2.33. The number of aromatic hydroxyl groups is 2. The van der Waals surface area contributed by atoms with Crippen LogP contribution in [-0.4, -0.2) is 51.2 Å². The first-order chi connectivity index (χ1) is 14.3. The van der Waals surface area contributed by atoms with Crippen molar-refractivity contribution in [2.24, 2.45) is 0 Å². The number of phenols is 2. The van der Waals surface area contributed by atoms with Gasteiger partial charge in [0.1, 0.15) is 17.5 Å². The molecule has 0 bridgehead atoms. The fourth-order valence-corrected chi connectivity index (χ4v) is 3.84. The first-order valence-electron chi connectivity index (χ1n) is 10.2. The second-order valence-corrected chi connectivity index (χ2v) is 8.00. The molecule has 0 saturated carbocycles. The summed E-state index contributed by atoms with van der Waals surface area (Å²) in [7, 11) is 0. The van der Waals surface area contributed by atoms with Crippen molar-refractivity contribution in [3.63, 3.8) is 0 Å². The molecule has 0 aromatic heterocycles. The third-order valence-electron chi connectivity index (χ3n) is 5.56. The zero-order chi connectivity index (χ0) is 21.8. The first kappa shape index (κ1) is 21.6. The fraction of sp³-hybridized carbons (Fsp3) is 0.391. The molecule has 1 aliphatic heterocycles. The molecular formula is C23H28N2O5. The number of rotatable bonds is 6. The van der Waals surface area contributed by atoms with Crippen LogP contribution in [0.1, 0.15) is 60.1 Å². The second-order valence-electron chi connectivity index (χ2n) is 8.00. The van der Waals surface area contributed by atoms with Crippen LogP contribution in [0.25, 0.3) is 0 Å². The summed E-state index contributed by atoms with van der Waals surface area (Å²) in [5.41, 5.74) is 1.48. The Kier molecular flexibility index (Phi) is 6.62. The highest BCUT2D eigenvalue weighted by Gasteiger charge is 2.29. The molecule has 2 aromatic rings. The van der Waals surface area contributed by atoms with Crippen LogP contribution < -0.4 is 5.32 Å². The van der Waals surface area contributed by atoms with E-state index in [4.69, 9.17) is 0 Å². The quantitative estimate of drug-likeness (QED) is 0.580. The van der Waals surface area contributed by atoms with Crippen LogP contribution in [0.4, 0.5) is 0 Å². The lowest BCUT2D eigenvalue weighted by molar-refractivity contribution is -0.140. The number of hydrogen-bond donors (Lipinski definition) is 4. The topological polar surface area (TPSA) is 110 Å². The smallest absolute Gasteiger partial charge is 0.325 e. The second kappa shape index (κ2) is 9.17. The highest BCUT2D eigenvalue weighted by atomic mass is 16.4. The molecule has 0 unspecified atom stereocenters. The van der Waals surface area contributed by atoms with E-state index in [1.807, 2.05) is 32.0 Å². The summed E-state index contributed by atoms with van der Waals surface area (Å²) in [6, 6.07) is 11.0. The molecule has 2 aromatic carbocycles. The van der Waals surface area contributed by atoms with Gasteiger partial charge >= 0.3 is 5.97 Å². The lowest BCUT2D eigenvalue weighted by Crippen LogP contribution is -2.47. The zero-order valence-electron chi connectivity index (χ0n) is 17.2. The van der Waals surface area contributed by atoms with E-state index in [0.717, 1.165) is 0 Å². The number of carbonyl (C=O) groups excluding carboxylic acids is 1. The van der Waals surface area contributed by atoms with Gasteiger partial charge in [0.2, 0.25) is 0 Å². The van der Waals surface area contributed by atoms with Crippen LogP contribution in [0.3, 0.4) is 0 Å². The lowest BCUT2D eigenvalue weighted by Gasteiger charge is -2.34. The average molecular weight is 412 g/mol. The van der Waals surface area contributed by atoms with Gasteiger partial charge in [-0.2, -0.15) is 0 Å². The zero-order valence-corrected chi connectivity index (χ0v) is 17.2. The monoisotopic (exact) mass is 412 g/mol. The number of carbonyl (C=O) groups is 2. The van der Waals surface area contributed by atoms with Gasteiger partial charge < -0.3 is 20.2 Å². The van der Waals surface area contributed by atoms with Crippen molar-refractivity contribution in [1.29, 1.82) is 0 Å². The number of hydrogen-bond acceptors (Lipinski definition) is 5. The van der Waals surface area contributed by atoms with E-state index in [0.29, 0.717) is 37.1 Å². The Labute approximate surface area is 176 Å². The van der Waals surface area contributed by atoms with Gasteiger partial charge in [-0.05, 0) is 36.0 Å². The van der Waals surface area contributed by atoms with Crippen LogP contribution in [0, 0.1) is 0 Å². The maximum atomic E-state index is 12.9. The van der Waals surface area contributed by atoms with E-state index < -0.39 is 12.0 Å². The van der Waals surface area contributed by atoms with Gasteiger partial charge in [0.25, 0.3) is 5.91 Å². The van der Waals surface area contributed by atoms with E-state index in [-0.39, 0.29) is 34.9 Å². The molecule has 1 fully saturated rings. The van der Waals surface area contributed by atoms with Crippen LogP contribution in [0.2, 0.25) is 0 Å². The van der Waals surface area contributed by atoms with Crippen molar-refractivity contribution in [3.05, 3.63) is 59.2 Å². The number of likely N-dealkylation sites (tertiary alicyclic amines) is 1. The summed E-state index contributed by atoms with van der Waals surface area (Å²) in [6.07, 6.45) is 1.22. The number of aliphatic carboxylic acids is 1. The third kappa shape index (κ3) is 4.74. The van der Waals surface area contributed by atoms with Gasteiger partial charge in [-0.1, -0.05) is 44.2 Å². The van der Waals surface area contributed by atoms with Crippen molar-refractivity contribution in [1.82, 2.24) is 10.2 Å². The van der Waals surface area contributed by atoms with Crippen LogP contribution in [-0.2, 0) is 4.79 Å². The third-order valence-corrected chi connectivity index (χ3v) is 5.56. The molecular weight excluding hydrogens is 384 g/mol. The Morgan fingerprint density at radius 1 is 1.03 bits per heavy atom. The number of nitrogens with one attached hydrogen (secondary N) is 1. The molecule has 0 aliphatic carbocycles. The van der Waals surface area contributed by atoms with Crippen LogP contribution in [0.5, 0.6) is 11.5 Å². The molecule has 0 radical (unpaired) electrons. The predicted molar refractivity (Wildman–Crippen MR) is 113 cm³/mol. The largest absolute Gasteiger partial charge is 0.508 e. The van der Waals surface area contributed by atoms with Crippen molar-refractivity contribution in [3.8, 4) is 11.5 Å². The van der Waals surface area contributed by atoms with Gasteiger partial charge in [-0.3, -0.25) is 14.9 Å². The minimum Gasteiger partial charge on any atom is -0.508 e. The number of carboxylic acids is 1. The molecule has 160 valence electrons. The van der Waals surface area contributed by atoms with Crippen molar-refractivity contribution in [2.75, 3.05) is 13.1 Å². The van der Waals surface area contributed by atoms with Gasteiger partial charge in [0.15, 0.2) is 0 Å². The van der Waals surface area contributed by atoms with E-state index in [2.05, 4.69) is 5.32 Å². The number of nitrogens with zero attached hydrogens (tertiary/aromatic N) is 1. The van der Waals surface area contributed by atoms with E-state index in [1.165, 1.54) is 6.07 Å². The predicted octanol–water partition coefficient (Wildman–Crippen LogP) is 3.24. The minimum absolute atomic E-state index is 0.0121. The lowest BCUT2D eigenvalue weighted by atomic mass is 9.97. The molecule has 1 atom stereocenters. The summed E-state index contributed by atoms with van der Waals surface area (Å²) in [5.74, 6) is -1.47. The Hall–Kier alpha value is -3.06. The molecule has 30 heavy (non-hydrogen) atoms.